The number of carbonyl (C=O) groups is 2. The van der Waals surface area contributed by atoms with E-state index in [4.69, 9.17) is 16.3 Å². The van der Waals surface area contributed by atoms with E-state index in [1.165, 1.54) is 30.1 Å². The van der Waals surface area contributed by atoms with Crippen LogP contribution >= 0.6 is 11.6 Å². The zero-order chi connectivity index (χ0) is 30.3. The fraction of sp³-hybridized carbons (Fsp3) is 0.400. The van der Waals surface area contributed by atoms with Crippen LogP contribution in [0.15, 0.2) is 66.7 Å². The summed E-state index contributed by atoms with van der Waals surface area (Å²) in [5.41, 5.74) is 0.411. The number of aromatic nitrogens is 1. The Morgan fingerprint density at radius 2 is 1.95 bits per heavy atom. The number of halogens is 4. The first-order chi connectivity index (χ1) is 18.9. The third kappa shape index (κ3) is 12.0. The number of hydrogen-bond acceptors (Lipinski definition) is 9. The van der Waals surface area contributed by atoms with Crippen LogP contribution in [0.3, 0.4) is 0 Å². The van der Waals surface area contributed by atoms with Crippen LogP contribution < -0.4 is 5.32 Å². The number of nitrogens with zero attached hydrogens (tertiary/aromatic N) is 4. The minimum absolute atomic E-state index is 0.00381. The number of carbonyl (C=O) groups excluding carboxylic acids is 2. The van der Waals surface area contributed by atoms with Crippen LogP contribution in [-0.4, -0.2) is 95.7 Å². The molecule has 3 N–H and O–H groups in total. The van der Waals surface area contributed by atoms with Crippen LogP contribution in [-0.2, 0) is 25.6 Å². The summed E-state index contributed by atoms with van der Waals surface area (Å²) in [4.78, 5) is 33.4. The van der Waals surface area contributed by atoms with Gasteiger partial charge in [0.25, 0.3) is 5.91 Å². The van der Waals surface area contributed by atoms with Crippen LogP contribution in [0.1, 0.15) is 12.1 Å². The molecule has 0 aliphatic heterocycles. The van der Waals surface area contributed by atoms with E-state index in [2.05, 4.69) is 28.2 Å². The SMILES string of the molecule is C=C/C(=C\C(=C)OCCN(Cc1ccc(Cl)cn1)/C(C(=O)N(C)CCCO)=C(\NCO)N(C)C=O)OC(F)(F)F. The van der Waals surface area contributed by atoms with Gasteiger partial charge in [-0.15, -0.1) is 13.2 Å². The summed E-state index contributed by atoms with van der Waals surface area (Å²) in [6, 6.07) is 3.20. The molecule has 1 heterocycles. The van der Waals surface area contributed by atoms with Crippen LogP contribution in [0.2, 0.25) is 5.02 Å². The number of nitrogens with one attached hydrogen (secondary N) is 1. The molecule has 0 saturated carbocycles. The van der Waals surface area contributed by atoms with Gasteiger partial charge in [-0.05, 0) is 24.6 Å². The molecule has 11 nitrogen and oxygen atoms in total. The summed E-state index contributed by atoms with van der Waals surface area (Å²) >= 11 is 5.94. The Morgan fingerprint density at radius 1 is 1.25 bits per heavy atom. The minimum atomic E-state index is -4.94. The van der Waals surface area contributed by atoms with Crippen molar-refractivity contribution < 1.29 is 42.4 Å². The Labute approximate surface area is 235 Å². The molecule has 0 spiro atoms. The third-order valence-corrected chi connectivity index (χ3v) is 5.25. The monoisotopic (exact) mass is 591 g/mol. The first-order valence-corrected chi connectivity index (χ1v) is 12.1. The van der Waals surface area contributed by atoms with Gasteiger partial charge in [0, 0.05) is 39.5 Å². The molecule has 1 rings (SSSR count). The lowest BCUT2D eigenvalue weighted by molar-refractivity contribution is -0.303. The van der Waals surface area contributed by atoms with Gasteiger partial charge >= 0.3 is 6.36 Å². The predicted octanol–water partition coefficient (Wildman–Crippen LogP) is 2.31. The van der Waals surface area contributed by atoms with Gasteiger partial charge in [-0.2, -0.15) is 0 Å². The van der Waals surface area contributed by atoms with Gasteiger partial charge in [-0.25, -0.2) is 0 Å². The lowest BCUT2D eigenvalue weighted by Gasteiger charge is -2.32. The molecule has 0 aliphatic rings. The van der Waals surface area contributed by atoms with Crippen molar-refractivity contribution in [3.63, 3.8) is 0 Å². The third-order valence-electron chi connectivity index (χ3n) is 5.03. The van der Waals surface area contributed by atoms with Crippen LogP contribution in [0.4, 0.5) is 13.2 Å². The topological polar surface area (TPSA) is 128 Å². The highest BCUT2D eigenvalue weighted by molar-refractivity contribution is 6.30. The summed E-state index contributed by atoms with van der Waals surface area (Å²) in [7, 11) is 2.86. The zero-order valence-corrected chi connectivity index (χ0v) is 22.9. The average Bonchev–Trinajstić information content (AvgIpc) is 2.90. The molecule has 0 aliphatic carbocycles. The highest BCUT2D eigenvalue weighted by Gasteiger charge is 2.31. The van der Waals surface area contributed by atoms with E-state index in [1.807, 2.05) is 0 Å². The van der Waals surface area contributed by atoms with Gasteiger partial charge in [0.05, 0.1) is 23.8 Å². The second kappa shape index (κ2) is 17.0. The van der Waals surface area contributed by atoms with Crippen molar-refractivity contribution >= 4 is 23.9 Å². The Morgan fingerprint density at radius 3 is 2.48 bits per heavy atom. The zero-order valence-electron chi connectivity index (χ0n) is 22.2. The van der Waals surface area contributed by atoms with Crippen molar-refractivity contribution in [2.45, 2.75) is 19.3 Å². The quantitative estimate of drug-likeness (QED) is 0.0775. The number of likely N-dealkylation sites (N-methyl/N-ethyl adjacent to an activating group) is 1. The number of alkyl halides is 3. The molecular formula is C25H33ClF3N5O6. The highest BCUT2D eigenvalue weighted by Crippen LogP contribution is 2.22. The van der Waals surface area contributed by atoms with Crippen molar-refractivity contribution in [2.24, 2.45) is 0 Å². The van der Waals surface area contributed by atoms with Crippen LogP contribution in [0.5, 0.6) is 0 Å². The molecule has 15 heteroatoms. The van der Waals surface area contributed by atoms with Gasteiger partial charge in [0.15, 0.2) is 0 Å². The van der Waals surface area contributed by atoms with Crippen molar-refractivity contribution in [3.8, 4) is 0 Å². The number of aliphatic hydroxyl groups is 2. The maximum absolute atomic E-state index is 13.6. The predicted molar refractivity (Wildman–Crippen MR) is 141 cm³/mol. The van der Waals surface area contributed by atoms with Crippen LogP contribution in [0.25, 0.3) is 0 Å². The minimum Gasteiger partial charge on any atom is -0.492 e. The molecule has 0 radical (unpaired) electrons. The molecule has 0 bridgehead atoms. The summed E-state index contributed by atoms with van der Waals surface area (Å²) in [6.45, 7) is 5.95. The first kappa shape index (κ1) is 34.3. The molecule has 0 fully saturated rings. The van der Waals surface area contributed by atoms with E-state index in [9.17, 15) is 33.0 Å². The molecule has 0 saturated heterocycles. The summed E-state index contributed by atoms with van der Waals surface area (Å²) in [5, 5.41) is 21.8. The summed E-state index contributed by atoms with van der Waals surface area (Å²) in [6.07, 6.45) is -1.09. The van der Waals surface area contributed by atoms with E-state index in [0.29, 0.717) is 17.1 Å². The Kier molecular flexibility index (Phi) is 14.6. The number of rotatable bonds is 18. The summed E-state index contributed by atoms with van der Waals surface area (Å²) in [5.74, 6) is -1.43. The Balaban J connectivity index is 3.44. The Hall–Kier alpha value is -3.75. The van der Waals surface area contributed by atoms with Crippen molar-refractivity contribution in [1.29, 1.82) is 0 Å². The molecule has 0 aromatic carbocycles. The molecule has 0 unspecified atom stereocenters. The van der Waals surface area contributed by atoms with Crippen LogP contribution in [0, 0.1) is 0 Å². The number of ether oxygens (including phenoxy) is 2. The van der Waals surface area contributed by atoms with Gasteiger partial charge < -0.3 is 39.7 Å². The average molecular weight is 592 g/mol. The van der Waals surface area contributed by atoms with E-state index in [0.717, 1.165) is 17.1 Å². The number of pyridine rings is 1. The highest BCUT2D eigenvalue weighted by atomic mass is 35.5. The van der Waals surface area contributed by atoms with Gasteiger partial charge in [-0.3, -0.25) is 14.6 Å². The van der Waals surface area contributed by atoms with E-state index in [-0.39, 0.29) is 56.5 Å². The molecular weight excluding hydrogens is 559 g/mol. The Bertz CT molecular complexity index is 1070. The van der Waals surface area contributed by atoms with Gasteiger partial charge in [-0.1, -0.05) is 24.8 Å². The number of aliphatic hydroxyl groups excluding tert-OH is 2. The van der Waals surface area contributed by atoms with Crippen molar-refractivity contribution in [2.75, 3.05) is 47.1 Å². The lowest BCUT2D eigenvalue weighted by Crippen LogP contribution is -2.43. The smallest absolute Gasteiger partial charge is 0.492 e. The van der Waals surface area contributed by atoms with Gasteiger partial charge in [0.1, 0.15) is 36.4 Å². The maximum Gasteiger partial charge on any atom is 0.573 e. The first-order valence-electron chi connectivity index (χ1n) is 11.8. The fourth-order valence-electron chi connectivity index (χ4n) is 3.20. The van der Waals surface area contributed by atoms with Crippen molar-refractivity contribution in [3.05, 3.63) is 77.4 Å². The molecule has 222 valence electrons. The molecule has 2 amide bonds. The number of amides is 2. The molecule has 1 aromatic heterocycles. The van der Waals surface area contributed by atoms with E-state index in [1.54, 1.807) is 12.1 Å². The molecule has 0 atom stereocenters. The van der Waals surface area contributed by atoms with Crippen molar-refractivity contribution in [1.82, 2.24) is 25.0 Å². The summed E-state index contributed by atoms with van der Waals surface area (Å²) < 4.78 is 47.0. The van der Waals surface area contributed by atoms with E-state index >= 15 is 0 Å². The van der Waals surface area contributed by atoms with E-state index < -0.39 is 24.8 Å². The second-order valence-electron chi connectivity index (χ2n) is 8.06. The maximum atomic E-state index is 13.6. The fourth-order valence-corrected chi connectivity index (χ4v) is 3.31. The lowest BCUT2D eigenvalue weighted by atomic mass is 10.2. The standard InChI is InChI=1S/C25H33ClF3N5O6/c1-5-21(40-25(27,28)29)13-18(2)39-12-10-34(15-20-8-7-19(26)14-30-20)22(23(31-16-36)33(4)17-37)24(38)32(3)9-6-11-35/h5,7-8,13-14,17,31,35-36H,1-2,6,9-12,15-16H2,3-4H3/b21-13+,23-22+. The number of hydrogen-bond donors (Lipinski definition) is 3. The second-order valence-corrected chi connectivity index (χ2v) is 8.49. The normalized spacial score (nSPS) is 12.2. The van der Waals surface area contributed by atoms with Gasteiger partial charge in [0.2, 0.25) is 6.41 Å². The molecule has 1 aromatic rings. The molecule has 40 heavy (non-hydrogen) atoms. The number of allylic oxidation sites excluding steroid dienone is 2. The largest absolute Gasteiger partial charge is 0.573 e.